The summed E-state index contributed by atoms with van der Waals surface area (Å²) in [6.07, 6.45) is 3.09. The SMILES string of the molecule is CNCc1cc(S(=O)(=O)NN2CCCCC2)cc(C)c1F. The lowest BCUT2D eigenvalue weighted by Gasteiger charge is -2.26. The molecule has 1 aliphatic rings. The van der Waals surface area contributed by atoms with Crippen LogP contribution in [0.4, 0.5) is 4.39 Å². The summed E-state index contributed by atoms with van der Waals surface area (Å²) in [4.78, 5) is 2.70. The number of hydrogen-bond acceptors (Lipinski definition) is 4. The summed E-state index contributed by atoms with van der Waals surface area (Å²) < 4.78 is 38.8. The minimum absolute atomic E-state index is 0.109. The lowest BCUT2D eigenvalue weighted by Crippen LogP contribution is -2.44. The highest BCUT2D eigenvalue weighted by Gasteiger charge is 2.22. The van der Waals surface area contributed by atoms with Gasteiger partial charge in [-0.15, -0.1) is 4.83 Å². The molecule has 1 saturated heterocycles. The minimum Gasteiger partial charge on any atom is -0.316 e. The molecule has 1 aromatic carbocycles. The zero-order valence-corrected chi connectivity index (χ0v) is 13.3. The van der Waals surface area contributed by atoms with E-state index in [9.17, 15) is 12.8 Å². The number of halogens is 1. The van der Waals surface area contributed by atoms with E-state index in [1.165, 1.54) is 12.1 Å². The van der Waals surface area contributed by atoms with Crippen LogP contribution in [0.15, 0.2) is 17.0 Å². The largest absolute Gasteiger partial charge is 0.316 e. The second kappa shape index (κ2) is 6.83. The molecular formula is C14H22FN3O2S. The number of rotatable bonds is 5. The fourth-order valence-electron chi connectivity index (χ4n) is 2.49. The molecule has 1 aromatic rings. The molecule has 0 atom stereocenters. The number of sulfonamides is 1. The quantitative estimate of drug-likeness (QED) is 0.865. The van der Waals surface area contributed by atoms with Crippen molar-refractivity contribution >= 4 is 10.0 Å². The second-order valence-electron chi connectivity index (χ2n) is 5.39. The van der Waals surface area contributed by atoms with Crippen molar-refractivity contribution < 1.29 is 12.8 Å². The molecule has 118 valence electrons. The molecule has 5 nitrogen and oxygen atoms in total. The fraction of sp³-hybridized carbons (Fsp3) is 0.571. The van der Waals surface area contributed by atoms with Crippen LogP contribution in [0.25, 0.3) is 0 Å². The van der Waals surface area contributed by atoms with Crippen LogP contribution in [0.2, 0.25) is 0 Å². The molecule has 0 saturated carbocycles. The van der Waals surface area contributed by atoms with Gasteiger partial charge in [0.2, 0.25) is 0 Å². The third-order valence-corrected chi connectivity index (χ3v) is 4.94. The van der Waals surface area contributed by atoms with E-state index >= 15 is 0 Å². The maximum atomic E-state index is 13.9. The number of hydrazine groups is 1. The van der Waals surface area contributed by atoms with Gasteiger partial charge in [0.05, 0.1) is 4.90 Å². The van der Waals surface area contributed by atoms with Crippen LogP contribution in [0.5, 0.6) is 0 Å². The molecule has 1 fully saturated rings. The number of hydrogen-bond donors (Lipinski definition) is 2. The van der Waals surface area contributed by atoms with Gasteiger partial charge in [0, 0.05) is 25.2 Å². The van der Waals surface area contributed by atoms with E-state index in [1.807, 2.05) is 0 Å². The maximum Gasteiger partial charge on any atom is 0.253 e. The molecule has 0 radical (unpaired) electrons. The van der Waals surface area contributed by atoms with Gasteiger partial charge in [-0.25, -0.2) is 17.8 Å². The molecule has 2 N–H and O–H groups in total. The number of aryl methyl sites for hydroxylation is 1. The van der Waals surface area contributed by atoms with Crippen molar-refractivity contribution in [3.05, 3.63) is 29.1 Å². The third kappa shape index (κ3) is 4.00. The Morgan fingerprint density at radius 2 is 1.90 bits per heavy atom. The Morgan fingerprint density at radius 1 is 1.24 bits per heavy atom. The maximum absolute atomic E-state index is 13.9. The van der Waals surface area contributed by atoms with Crippen molar-refractivity contribution in [3.63, 3.8) is 0 Å². The van der Waals surface area contributed by atoms with Gasteiger partial charge in [-0.2, -0.15) is 0 Å². The molecule has 2 rings (SSSR count). The van der Waals surface area contributed by atoms with Crippen LogP contribution >= 0.6 is 0 Å². The van der Waals surface area contributed by atoms with E-state index in [0.29, 0.717) is 30.8 Å². The lowest BCUT2D eigenvalue weighted by molar-refractivity contribution is 0.200. The van der Waals surface area contributed by atoms with E-state index in [4.69, 9.17) is 0 Å². The molecule has 1 aliphatic heterocycles. The van der Waals surface area contributed by atoms with E-state index in [0.717, 1.165) is 19.3 Å². The highest BCUT2D eigenvalue weighted by molar-refractivity contribution is 7.89. The highest BCUT2D eigenvalue weighted by Crippen LogP contribution is 2.20. The molecule has 21 heavy (non-hydrogen) atoms. The zero-order valence-electron chi connectivity index (χ0n) is 12.4. The molecule has 0 spiro atoms. The summed E-state index contributed by atoms with van der Waals surface area (Å²) in [6, 6.07) is 2.77. The first-order valence-electron chi connectivity index (χ1n) is 7.15. The summed E-state index contributed by atoms with van der Waals surface area (Å²) in [5.41, 5.74) is 0.693. The van der Waals surface area contributed by atoms with Crippen molar-refractivity contribution in [2.75, 3.05) is 20.1 Å². The first kappa shape index (κ1) is 16.4. The van der Waals surface area contributed by atoms with Gasteiger partial charge >= 0.3 is 0 Å². The summed E-state index contributed by atoms with van der Waals surface area (Å²) in [6.45, 7) is 3.29. The molecular weight excluding hydrogens is 293 g/mol. The van der Waals surface area contributed by atoms with Crippen LogP contribution in [-0.4, -0.2) is 33.6 Å². The normalized spacial score (nSPS) is 17.1. The number of piperidine rings is 1. The Bertz CT molecular complexity index is 598. The first-order valence-corrected chi connectivity index (χ1v) is 8.63. The Balaban J connectivity index is 2.26. The monoisotopic (exact) mass is 315 g/mol. The van der Waals surface area contributed by atoms with Gasteiger partial charge < -0.3 is 5.32 Å². The Morgan fingerprint density at radius 3 is 2.52 bits per heavy atom. The van der Waals surface area contributed by atoms with E-state index < -0.39 is 10.0 Å². The molecule has 7 heteroatoms. The Labute approximate surface area is 125 Å². The van der Waals surface area contributed by atoms with Gasteiger partial charge in [0.1, 0.15) is 5.82 Å². The van der Waals surface area contributed by atoms with E-state index in [2.05, 4.69) is 10.1 Å². The summed E-state index contributed by atoms with van der Waals surface area (Å²) in [7, 11) is -1.96. The average Bonchev–Trinajstić information content (AvgIpc) is 2.44. The van der Waals surface area contributed by atoms with Crippen LogP contribution in [-0.2, 0) is 16.6 Å². The molecule has 0 aliphatic carbocycles. The molecule has 0 bridgehead atoms. The molecule has 0 unspecified atom stereocenters. The highest BCUT2D eigenvalue weighted by atomic mass is 32.2. The van der Waals surface area contributed by atoms with Gasteiger partial charge in [0.15, 0.2) is 0 Å². The van der Waals surface area contributed by atoms with Crippen molar-refractivity contribution in [1.29, 1.82) is 0 Å². The van der Waals surface area contributed by atoms with Crippen molar-refractivity contribution in [2.24, 2.45) is 0 Å². The molecule has 0 amide bonds. The van der Waals surface area contributed by atoms with Crippen molar-refractivity contribution in [1.82, 2.24) is 15.2 Å². The third-order valence-electron chi connectivity index (χ3n) is 3.59. The average molecular weight is 315 g/mol. The number of nitrogens with one attached hydrogen (secondary N) is 2. The van der Waals surface area contributed by atoms with Gasteiger partial charge in [0.25, 0.3) is 10.0 Å². The van der Waals surface area contributed by atoms with Gasteiger partial charge in [-0.3, -0.25) is 0 Å². The predicted molar refractivity (Wildman–Crippen MR) is 79.6 cm³/mol. The lowest BCUT2D eigenvalue weighted by atomic mass is 10.1. The number of nitrogens with zero attached hydrogens (tertiary/aromatic N) is 1. The summed E-state index contributed by atoms with van der Waals surface area (Å²) in [5.74, 6) is -0.360. The summed E-state index contributed by atoms with van der Waals surface area (Å²) >= 11 is 0. The molecule has 1 heterocycles. The standard InChI is InChI=1S/C14H22FN3O2S/c1-11-8-13(9-12(10-16-2)14(11)15)21(19,20)17-18-6-4-3-5-7-18/h8-9,16-17H,3-7,10H2,1-2H3. The van der Waals surface area contributed by atoms with E-state index in [1.54, 1.807) is 19.0 Å². The fourth-order valence-corrected chi connectivity index (χ4v) is 3.75. The first-order chi connectivity index (χ1) is 9.94. The van der Waals surface area contributed by atoms with E-state index in [-0.39, 0.29) is 10.7 Å². The summed E-state index contributed by atoms with van der Waals surface area (Å²) in [5, 5.41) is 4.56. The smallest absolute Gasteiger partial charge is 0.253 e. The second-order valence-corrected chi connectivity index (χ2v) is 7.05. The van der Waals surface area contributed by atoms with Gasteiger partial charge in [-0.05, 0) is 44.5 Å². The Hall–Kier alpha value is -1.02. The van der Waals surface area contributed by atoms with Crippen LogP contribution in [0.1, 0.15) is 30.4 Å². The van der Waals surface area contributed by atoms with Crippen LogP contribution < -0.4 is 10.1 Å². The van der Waals surface area contributed by atoms with Gasteiger partial charge in [-0.1, -0.05) is 6.42 Å². The molecule has 0 aromatic heterocycles. The number of benzene rings is 1. The topological polar surface area (TPSA) is 61.4 Å². The van der Waals surface area contributed by atoms with Crippen LogP contribution in [0, 0.1) is 12.7 Å². The minimum atomic E-state index is -3.66. The van der Waals surface area contributed by atoms with Crippen LogP contribution in [0.3, 0.4) is 0 Å². The zero-order chi connectivity index (χ0) is 15.5. The Kier molecular flexibility index (Phi) is 5.32. The predicted octanol–water partition coefficient (Wildman–Crippen LogP) is 1.53. The van der Waals surface area contributed by atoms with Crippen molar-refractivity contribution in [3.8, 4) is 0 Å². The van der Waals surface area contributed by atoms with Crippen molar-refractivity contribution in [2.45, 2.75) is 37.6 Å².